The predicted molar refractivity (Wildman–Crippen MR) is 145 cm³/mol. The van der Waals surface area contributed by atoms with Gasteiger partial charge in [0.2, 0.25) is 5.89 Å². The van der Waals surface area contributed by atoms with Gasteiger partial charge in [-0.2, -0.15) is 0 Å². The fourth-order valence-corrected chi connectivity index (χ4v) is 4.16. The minimum absolute atomic E-state index is 0.105. The summed E-state index contributed by atoms with van der Waals surface area (Å²) < 4.78 is 11.4. The lowest BCUT2D eigenvalue weighted by atomic mass is 9.98. The third kappa shape index (κ3) is 5.31. The highest BCUT2D eigenvalue weighted by Gasteiger charge is 2.17. The summed E-state index contributed by atoms with van der Waals surface area (Å²) in [5.74, 6) is 1.04. The first-order chi connectivity index (χ1) is 16.8. The number of hydrogen-bond donors (Lipinski definition) is 2. The average molecular weight is 508 g/mol. The Bertz CT molecular complexity index is 1420. The molecule has 0 aliphatic heterocycles. The number of nitrogens with one attached hydrogen (secondary N) is 2. The molecule has 1 aromatic heterocycles. The molecule has 0 aliphatic rings. The Labute approximate surface area is 214 Å². The molecule has 0 spiro atoms. The number of thiocarbonyl (C=S) groups is 1. The van der Waals surface area contributed by atoms with E-state index in [2.05, 4.69) is 41.6 Å². The van der Waals surface area contributed by atoms with Gasteiger partial charge < -0.3 is 14.5 Å². The summed E-state index contributed by atoms with van der Waals surface area (Å²) in [6.07, 6.45) is 1.05. The first-order valence-corrected chi connectivity index (χ1v) is 12.1. The number of anilines is 1. The number of aryl methyl sites for hydroxylation is 1. The maximum absolute atomic E-state index is 12.8. The van der Waals surface area contributed by atoms with Crippen molar-refractivity contribution in [1.29, 1.82) is 0 Å². The molecule has 4 aromatic rings. The van der Waals surface area contributed by atoms with Gasteiger partial charge in [0.1, 0.15) is 11.3 Å². The highest BCUT2D eigenvalue weighted by molar-refractivity contribution is 7.80. The second-order valence-electron chi connectivity index (χ2n) is 8.31. The normalized spacial score (nSPS) is 11.8. The number of nitrogens with zero attached hydrogens (tertiary/aromatic N) is 1. The predicted octanol–water partition coefficient (Wildman–Crippen LogP) is 7.11. The van der Waals surface area contributed by atoms with E-state index in [0.29, 0.717) is 39.4 Å². The number of amides is 1. The molecule has 8 heteroatoms. The van der Waals surface area contributed by atoms with Crippen molar-refractivity contribution in [3.05, 3.63) is 76.3 Å². The molecule has 180 valence electrons. The highest BCUT2D eigenvalue weighted by atomic mass is 35.5. The van der Waals surface area contributed by atoms with Crippen LogP contribution in [-0.4, -0.2) is 23.1 Å². The minimum Gasteiger partial charge on any atom is -0.496 e. The van der Waals surface area contributed by atoms with E-state index in [9.17, 15) is 4.79 Å². The lowest BCUT2D eigenvalue weighted by Crippen LogP contribution is -2.34. The highest BCUT2D eigenvalue weighted by Crippen LogP contribution is 2.32. The molecule has 4 rings (SSSR count). The third-order valence-corrected chi connectivity index (χ3v) is 6.48. The number of rotatable bonds is 6. The summed E-state index contributed by atoms with van der Waals surface area (Å²) in [7, 11) is 1.53. The van der Waals surface area contributed by atoms with Crippen LogP contribution in [-0.2, 0) is 0 Å². The Hall–Kier alpha value is -3.42. The number of oxazole rings is 1. The maximum Gasteiger partial charge on any atom is 0.261 e. The van der Waals surface area contributed by atoms with Crippen LogP contribution in [0.1, 0.15) is 47.7 Å². The Morgan fingerprint density at radius 3 is 2.74 bits per heavy atom. The van der Waals surface area contributed by atoms with E-state index in [1.165, 1.54) is 12.7 Å². The zero-order valence-electron chi connectivity index (χ0n) is 19.9. The van der Waals surface area contributed by atoms with E-state index in [-0.39, 0.29) is 11.0 Å². The van der Waals surface area contributed by atoms with E-state index >= 15 is 0 Å². The van der Waals surface area contributed by atoms with Crippen LogP contribution in [0.5, 0.6) is 5.75 Å². The molecule has 0 bridgehead atoms. The van der Waals surface area contributed by atoms with Gasteiger partial charge in [0.25, 0.3) is 5.91 Å². The van der Waals surface area contributed by atoms with Gasteiger partial charge in [-0.3, -0.25) is 10.1 Å². The number of aromatic nitrogens is 1. The van der Waals surface area contributed by atoms with Crippen LogP contribution in [0.25, 0.3) is 22.6 Å². The molecule has 0 unspecified atom stereocenters. The molecule has 0 saturated carbocycles. The largest absolute Gasteiger partial charge is 0.496 e. The molecule has 1 amide bonds. The maximum atomic E-state index is 12.8. The molecule has 0 saturated heterocycles. The number of methoxy groups -OCH3 is 1. The van der Waals surface area contributed by atoms with Crippen LogP contribution in [0.3, 0.4) is 0 Å². The number of carbonyl (C=O) groups excluding carboxylic acids is 1. The van der Waals surface area contributed by atoms with Crippen LogP contribution in [0, 0.1) is 6.92 Å². The molecule has 1 atom stereocenters. The van der Waals surface area contributed by atoms with Crippen LogP contribution in [0.15, 0.2) is 59.0 Å². The van der Waals surface area contributed by atoms with Crippen molar-refractivity contribution >= 4 is 51.6 Å². The van der Waals surface area contributed by atoms with Crippen molar-refractivity contribution in [3.8, 4) is 17.2 Å². The second kappa shape index (κ2) is 10.5. The molecule has 2 N–H and O–H groups in total. The van der Waals surface area contributed by atoms with Crippen molar-refractivity contribution in [2.24, 2.45) is 0 Å². The molecule has 0 fully saturated rings. The molecular weight excluding hydrogens is 482 g/mol. The fraction of sp³-hybridized carbons (Fsp3) is 0.222. The zero-order chi connectivity index (χ0) is 25.1. The summed E-state index contributed by atoms with van der Waals surface area (Å²) in [6.45, 7) is 6.22. The van der Waals surface area contributed by atoms with E-state index in [4.69, 9.17) is 33.0 Å². The third-order valence-electron chi connectivity index (χ3n) is 5.94. The number of ether oxygens (including phenoxy) is 1. The van der Waals surface area contributed by atoms with E-state index in [1.54, 1.807) is 24.3 Å². The van der Waals surface area contributed by atoms with Gasteiger partial charge in [0, 0.05) is 5.56 Å². The van der Waals surface area contributed by atoms with Gasteiger partial charge in [-0.05, 0) is 79.0 Å². The average Bonchev–Trinajstić information content (AvgIpc) is 3.28. The first kappa shape index (κ1) is 24.7. The van der Waals surface area contributed by atoms with Gasteiger partial charge in [0.15, 0.2) is 10.7 Å². The van der Waals surface area contributed by atoms with Gasteiger partial charge in [-0.25, -0.2) is 4.98 Å². The minimum atomic E-state index is -0.383. The topological polar surface area (TPSA) is 76.4 Å². The van der Waals surface area contributed by atoms with Crippen molar-refractivity contribution in [2.75, 3.05) is 12.4 Å². The molecular formula is C27H26ClN3O3S. The van der Waals surface area contributed by atoms with Gasteiger partial charge in [0.05, 0.1) is 23.4 Å². The summed E-state index contributed by atoms with van der Waals surface area (Å²) in [5.41, 5.74) is 5.23. The van der Waals surface area contributed by atoms with Crippen molar-refractivity contribution in [1.82, 2.24) is 10.3 Å². The Balaban J connectivity index is 1.54. The molecule has 0 aliphatic carbocycles. The number of benzene rings is 3. The smallest absolute Gasteiger partial charge is 0.261 e. The lowest BCUT2D eigenvalue weighted by molar-refractivity contribution is 0.0974. The Morgan fingerprint density at radius 1 is 1.20 bits per heavy atom. The van der Waals surface area contributed by atoms with Gasteiger partial charge in [-0.1, -0.05) is 43.6 Å². The fourth-order valence-electron chi connectivity index (χ4n) is 3.79. The number of carbonyl (C=O) groups is 1. The van der Waals surface area contributed by atoms with E-state index in [0.717, 1.165) is 23.1 Å². The summed E-state index contributed by atoms with van der Waals surface area (Å²) in [4.78, 5) is 17.4. The number of halogens is 1. The number of hydrogen-bond acceptors (Lipinski definition) is 5. The molecule has 3 aromatic carbocycles. The summed E-state index contributed by atoms with van der Waals surface area (Å²) in [6, 6.07) is 16.8. The van der Waals surface area contributed by atoms with E-state index < -0.39 is 0 Å². The Kier molecular flexibility index (Phi) is 7.38. The van der Waals surface area contributed by atoms with Crippen molar-refractivity contribution in [2.45, 2.75) is 33.1 Å². The standard InChI is InChI=1S/C27H26ClN3O3S/c1-5-15(2)17-10-12-23-22(13-17)29-26(34-23)18-9-11-20(28)21(14-18)30-27(35)31-25(32)19-8-6-7-16(3)24(19)33-4/h6-15H,5H2,1-4H3,(H2,30,31,32,35)/t15-/m1/s1. The van der Waals surface area contributed by atoms with Gasteiger partial charge >= 0.3 is 0 Å². The molecule has 0 radical (unpaired) electrons. The van der Waals surface area contributed by atoms with Crippen molar-refractivity contribution in [3.63, 3.8) is 0 Å². The van der Waals surface area contributed by atoms with Crippen molar-refractivity contribution < 1.29 is 13.9 Å². The number of fused-ring (bicyclic) bond motifs is 1. The van der Waals surface area contributed by atoms with Crippen LogP contribution in [0.2, 0.25) is 5.02 Å². The monoisotopic (exact) mass is 507 g/mol. The second-order valence-corrected chi connectivity index (χ2v) is 9.13. The molecule has 6 nitrogen and oxygen atoms in total. The summed E-state index contributed by atoms with van der Waals surface area (Å²) >= 11 is 11.8. The van der Waals surface area contributed by atoms with E-state index in [1.807, 2.05) is 25.1 Å². The number of para-hydroxylation sites is 1. The first-order valence-electron chi connectivity index (χ1n) is 11.3. The molecule has 1 heterocycles. The van der Waals surface area contributed by atoms with Gasteiger partial charge in [-0.15, -0.1) is 0 Å². The van der Waals surface area contributed by atoms with Crippen LogP contribution >= 0.6 is 23.8 Å². The lowest BCUT2D eigenvalue weighted by Gasteiger charge is -2.14. The van der Waals surface area contributed by atoms with Crippen LogP contribution < -0.4 is 15.4 Å². The zero-order valence-corrected chi connectivity index (χ0v) is 21.5. The Morgan fingerprint density at radius 2 is 2.00 bits per heavy atom. The van der Waals surface area contributed by atoms with Crippen LogP contribution in [0.4, 0.5) is 5.69 Å². The SMILES string of the molecule is CC[C@@H](C)c1ccc2oc(-c3ccc(Cl)c(NC(=S)NC(=O)c4cccc(C)c4OC)c3)nc2c1. The molecule has 35 heavy (non-hydrogen) atoms. The summed E-state index contributed by atoms with van der Waals surface area (Å²) in [5, 5.41) is 6.22. The quantitative estimate of drug-likeness (QED) is 0.271.